The van der Waals surface area contributed by atoms with Gasteiger partial charge in [-0.2, -0.15) is 0 Å². The molecular formula is C14H21NO2. The molecule has 0 aromatic heterocycles. The Balaban J connectivity index is 2.31. The topological polar surface area (TPSA) is 49.3 Å². The summed E-state index contributed by atoms with van der Waals surface area (Å²) in [6.07, 6.45) is 1.25. The summed E-state index contributed by atoms with van der Waals surface area (Å²) < 4.78 is 0. The Labute approximate surface area is 103 Å². The largest absolute Gasteiger partial charge is 0.396 e. The number of benzene rings is 1. The molecule has 0 bridgehead atoms. The molecule has 0 saturated heterocycles. The SMILES string of the molecule is CC(CO)C(C)NC(=O)CCc1ccccc1. The van der Waals surface area contributed by atoms with Crippen LogP contribution >= 0.6 is 0 Å². The second-order valence-electron chi connectivity index (χ2n) is 4.50. The monoisotopic (exact) mass is 235 g/mol. The zero-order valence-electron chi connectivity index (χ0n) is 10.5. The Morgan fingerprint density at radius 2 is 1.94 bits per heavy atom. The zero-order chi connectivity index (χ0) is 12.7. The minimum absolute atomic E-state index is 0.0169. The lowest BCUT2D eigenvalue weighted by atomic mass is 10.0. The molecule has 0 heterocycles. The van der Waals surface area contributed by atoms with Crippen molar-refractivity contribution in [2.75, 3.05) is 6.61 Å². The standard InChI is InChI=1S/C14H21NO2/c1-11(10-16)12(2)15-14(17)9-8-13-6-4-3-5-7-13/h3-7,11-12,16H,8-10H2,1-2H3,(H,15,17). The third kappa shape index (κ3) is 5.00. The van der Waals surface area contributed by atoms with Gasteiger partial charge in [0, 0.05) is 19.1 Å². The summed E-state index contributed by atoms with van der Waals surface area (Å²) >= 11 is 0. The van der Waals surface area contributed by atoms with Crippen molar-refractivity contribution < 1.29 is 9.90 Å². The minimum Gasteiger partial charge on any atom is -0.396 e. The van der Waals surface area contributed by atoms with Crippen molar-refractivity contribution in [3.05, 3.63) is 35.9 Å². The fraction of sp³-hybridized carbons (Fsp3) is 0.500. The normalized spacial score (nSPS) is 14.1. The van der Waals surface area contributed by atoms with E-state index < -0.39 is 0 Å². The number of aliphatic hydroxyl groups excluding tert-OH is 1. The van der Waals surface area contributed by atoms with E-state index >= 15 is 0 Å². The van der Waals surface area contributed by atoms with E-state index in [1.807, 2.05) is 44.2 Å². The molecule has 1 aromatic rings. The van der Waals surface area contributed by atoms with Crippen molar-refractivity contribution in [3.8, 4) is 0 Å². The Hall–Kier alpha value is -1.35. The number of hydrogen-bond donors (Lipinski definition) is 2. The minimum atomic E-state index is 0.0169. The van der Waals surface area contributed by atoms with Crippen molar-refractivity contribution in [3.63, 3.8) is 0 Å². The van der Waals surface area contributed by atoms with Crippen molar-refractivity contribution in [2.45, 2.75) is 32.7 Å². The van der Waals surface area contributed by atoms with E-state index in [0.29, 0.717) is 6.42 Å². The fourth-order valence-corrected chi connectivity index (χ4v) is 1.53. The van der Waals surface area contributed by atoms with Crippen LogP contribution in [0.25, 0.3) is 0 Å². The van der Waals surface area contributed by atoms with E-state index in [2.05, 4.69) is 5.32 Å². The first-order valence-corrected chi connectivity index (χ1v) is 6.07. The van der Waals surface area contributed by atoms with Gasteiger partial charge in [-0.1, -0.05) is 37.3 Å². The molecule has 1 aromatic carbocycles. The summed E-state index contributed by atoms with van der Waals surface area (Å²) in [6, 6.07) is 9.98. The molecule has 0 spiro atoms. The van der Waals surface area contributed by atoms with Crippen LogP contribution in [0.15, 0.2) is 30.3 Å². The summed E-state index contributed by atoms with van der Waals surface area (Å²) in [4.78, 5) is 11.7. The number of aryl methyl sites for hydroxylation is 1. The van der Waals surface area contributed by atoms with Crippen molar-refractivity contribution in [2.24, 2.45) is 5.92 Å². The van der Waals surface area contributed by atoms with Gasteiger partial charge in [0.15, 0.2) is 0 Å². The number of carbonyl (C=O) groups excluding carboxylic acids is 1. The molecule has 0 aliphatic rings. The van der Waals surface area contributed by atoms with Crippen LogP contribution in [0.1, 0.15) is 25.8 Å². The predicted octanol–water partition coefficient (Wildman–Crippen LogP) is 1.75. The predicted molar refractivity (Wildman–Crippen MR) is 68.6 cm³/mol. The molecule has 1 rings (SSSR count). The second-order valence-corrected chi connectivity index (χ2v) is 4.50. The number of rotatable bonds is 6. The van der Waals surface area contributed by atoms with E-state index in [-0.39, 0.29) is 24.5 Å². The molecule has 0 fully saturated rings. The van der Waals surface area contributed by atoms with Crippen LogP contribution in [0.4, 0.5) is 0 Å². The van der Waals surface area contributed by atoms with Crippen molar-refractivity contribution in [1.82, 2.24) is 5.32 Å². The van der Waals surface area contributed by atoms with Crippen LogP contribution in [-0.2, 0) is 11.2 Å². The van der Waals surface area contributed by atoms with E-state index in [9.17, 15) is 4.79 Å². The van der Waals surface area contributed by atoms with Gasteiger partial charge >= 0.3 is 0 Å². The first-order valence-electron chi connectivity index (χ1n) is 6.07. The van der Waals surface area contributed by atoms with Gasteiger partial charge < -0.3 is 10.4 Å². The molecular weight excluding hydrogens is 214 g/mol. The molecule has 2 unspecified atom stereocenters. The highest BCUT2D eigenvalue weighted by molar-refractivity contribution is 5.76. The van der Waals surface area contributed by atoms with Gasteiger partial charge in [0.25, 0.3) is 0 Å². The van der Waals surface area contributed by atoms with Gasteiger partial charge in [-0.15, -0.1) is 0 Å². The molecule has 2 N–H and O–H groups in total. The molecule has 0 radical (unpaired) electrons. The van der Waals surface area contributed by atoms with E-state index in [1.54, 1.807) is 0 Å². The first kappa shape index (κ1) is 13.7. The molecule has 17 heavy (non-hydrogen) atoms. The Morgan fingerprint density at radius 1 is 1.29 bits per heavy atom. The smallest absolute Gasteiger partial charge is 0.220 e. The number of amides is 1. The van der Waals surface area contributed by atoms with Gasteiger partial charge in [0.05, 0.1) is 0 Å². The van der Waals surface area contributed by atoms with E-state index in [0.717, 1.165) is 6.42 Å². The zero-order valence-corrected chi connectivity index (χ0v) is 10.5. The molecule has 3 heteroatoms. The van der Waals surface area contributed by atoms with Crippen molar-refractivity contribution >= 4 is 5.91 Å². The summed E-state index contributed by atoms with van der Waals surface area (Å²) in [6.45, 7) is 3.93. The van der Waals surface area contributed by atoms with Crippen LogP contribution < -0.4 is 5.32 Å². The molecule has 3 nitrogen and oxygen atoms in total. The maximum Gasteiger partial charge on any atom is 0.220 e. The Kier molecular flexibility index (Phi) is 5.70. The van der Waals surface area contributed by atoms with Gasteiger partial charge in [-0.3, -0.25) is 4.79 Å². The summed E-state index contributed by atoms with van der Waals surface area (Å²) in [5.74, 6) is 0.136. The maximum absolute atomic E-state index is 11.7. The van der Waals surface area contributed by atoms with Gasteiger partial charge in [0.2, 0.25) is 5.91 Å². The Morgan fingerprint density at radius 3 is 2.53 bits per heavy atom. The molecule has 2 atom stereocenters. The maximum atomic E-state index is 11.7. The summed E-state index contributed by atoms with van der Waals surface area (Å²) in [5, 5.41) is 11.9. The fourth-order valence-electron chi connectivity index (χ4n) is 1.53. The lowest BCUT2D eigenvalue weighted by molar-refractivity contribution is -0.122. The third-order valence-electron chi connectivity index (χ3n) is 3.01. The summed E-state index contributed by atoms with van der Waals surface area (Å²) in [5.41, 5.74) is 1.17. The van der Waals surface area contributed by atoms with E-state index in [1.165, 1.54) is 5.56 Å². The Bertz CT molecular complexity index is 337. The molecule has 1 amide bonds. The number of hydrogen-bond acceptors (Lipinski definition) is 2. The molecule has 0 aliphatic heterocycles. The van der Waals surface area contributed by atoms with E-state index in [4.69, 9.17) is 5.11 Å². The third-order valence-corrected chi connectivity index (χ3v) is 3.01. The first-order chi connectivity index (χ1) is 8.13. The number of carbonyl (C=O) groups is 1. The van der Waals surface area contributed by atoms with Gasteiger partial charge in [-0.05, 0) is 24.8 Å². The number of nitrogens with one attached hydrogen (secondary N) is 1. The summed E-state index contributed by atoms with van der Waals surface area (Å²) in [7, 11) is 0. The highest BCUT2D eigenvalue weighted by atomic mass is 16.3. The van der Waals surface area contributed by atoms with Gasteiger partial charge in [-0.25, -0.2) is 0 Å². The molecule has 0 aliphatic carbocycles. The average Bonchev–Trinajstić information content (AvgIpc) is 2.36. The van der Waals surface area contributed by atoms with Crippen LogP contribution in [-0.4, -0.2) is 23.7 Å². The second kappa shape index (κ2) is 7.07. The van der Waals surface area contributed by atoms with Crippen molar-refractivity contribution in [1.29, 1.82) is 0 Å². The van der Waals surface area contributed by atoms with Crippen LogP contribution in [0.5, 0.6) is 0 Å². The quantitative estimate of drug-likeness (QED) is 0.789. The molecule has 94 valence electrons. The van der Waals surface area contributed by atoms with Crippen LogP contribution in [0.2, 0.25) is 0 Å². The lowest BCUT2D eigenvalue weighted by Crippen LogP contribution is -2.38. The lowest BCUT2D eigenvalue weighted by Gasteiger charge is -2.19. The average molecular weight is 235 g/mol. The highest BCUT2D eigenvalue weighted by Crippen LogP contribution is 2.04. The van der Waals surface area contributed by atoms with Gasteiger partial charge in [0.1, 0.15) is 0 Å². The van der Waals surface area contributed by atoms with Crippen LogP contribution in [0, 0.1) is 5.92 Å². The van der Waals surface area contributed by atoms with Crippen LogP contribution in [0.3, 0.4) is 0 Å². The number of aliphatic hydroxyl groups is 1. The highest BCUT2D eigenvalue weighted by Gasteiger charge is 2.13. The molecule has 0 saturated carbocycles.